The van der Waals surface area contributed by atoms with Crippen LogP contribution < -0.4 is 15.6 Å². The van der Waals surface area contributed by atoms with Crippen molar-refractivity contribution < 1.29 is 9.72 Å². The molecule has 2 heterocycles. The van der Waals surface area contributed by atoms with Crippen molar-refractivity contribution in [3.8, 4) is 0 Å². The van der Waals surface area contributed by atoms with Gasteiger partial charge in [-0.05, 0) is 49.9 Å². The van der Waals surface area contributed by atoms with E-state index in [1.54, 1.807) is 23.7 Å². The lowest BCUT2D eigenvalue weighted by molar-refractivity contribution is -0.384. The van der Waals surface area contributed by atoms with E-state index in [1.807, 2.05) is 11.8 Å². The Balaban J connectivity index is 1.73. The van der Waals surface area contributed by atoms with Crippen LogP contribution in [0.2, 0.25) is 0 Å². The molecule has 0 radical (unpaired) electrons. The van der Waals surface area contributed by atoms with Crippen LogP contribution in [0.1, 0.15) is 35.9 Å². The Morgan fingerprint density at radius 2 is 2.07 bits per heavy atom. The summed E-state index contributed by atoms with van der Waals surface area (Å²) in [6.45, 7) is 5.29. The molecule has 1 saturated heterocycles. The minimum atomic E-state index is -0.533. The Kier molecular flexibility index (Phi) is 6.64. The van der Waals surface area contributed by atoms with Crippen molar-refractivity contribution in [3.63, 3.8) is 0 Å². The monoisotopic (exact) mass is 435 g/mol. The molecule has 0 saturated carbocycles. The van der Waals surface area contributed by atoms with Gasteiger partial charge in [-0.1, -0.05) is 18.7 Å². The molecule has 1 aromatic carbocycles. The van der Waals surface area contributed by atoms with Crippen molar-refractivity contribution in [2.45, 2.75) is 31.8 Å². The van der Waals surface area contributed by atoms with Crippen molar-refractivity contribution in [1.29, 1.82) is 0 Å². The lowest BCUT2D eigenvalue weighted by Gasteiger charge is -2.18. The fraction of sp³-hybridized carbons (Fsp3) is 0.412. The van der Waals surface area contributed by atoms with Crippen molar-refractivity contribution >= 4 is 46.4 Å². The highest BCUT2D eigenvalue weighted by molar-refractivity contribution is 7.99. The third-order valence-electron chi connectivity index (χ3n) is 4.39. The zero-order valence-electron chi connectivity index (χ0n) is 16.0. The number of nitro benzene ring substituents is 1. The van der Waals surface area contributed by atoms with Gasteiger partial charge in [-0.2, -0.15) is 0 Å². The zero-order valence-corrected chi connectivity index (χ0v) is 17.7. The van der Waals surface area contributed by atoms with Gasteiger partial charge in [0.1, 0.15) is 11.5 Å². The van der Waals surface area contributed by atoms with Gasteiger partial charge < -0.3 is 4.90 Å². The molecule has 2 aromatic rings. The van der Waals surface area contributed by atoms with Crippen LogP contribution in [0.5, 0.6) is 0 Å². The fourth-order valence-electron chi connectivity index (χ4n) is 3.04. The molecule has 0 atom stereocenters. The summed E-state index contributed by atoms with van der Waals surface area (Å²) < 4.78 is 1.58. The largest absolute Gasteiger partial charge is 0.366 e. The summed E-state index contributed by atoms with van der Waals surface area (Å²) in [7, 11) is 0. The van der Waals surface area contributed by atoms with Gasteiger partial charge in [0.15, 0.2) is 5.11 Å². The molecule has 0 spiro atoms. The van der Waals surface area contributed by atoms with E-state index in [0.717, 1.165) is 31.7 Å². The second-order valence-electron chi connectivity index (χ2n) is 6.35. The number of nitrogens with one attached hydrogen (secondary N) is 2. The molecule has 12 heteroatoms. The molecule has 154 valence electrons. The summed E-state index contributed by atoms with van der Waals surface area (Å²) in [4.78, 5) is 25.6. The molecule has 1 aliphatic heterocycles. The maximum Gasteiger partial charge on any atom is 0.293 e. The normalized spacial score (nSPS) is 13.4. The van der Waals surface area contributed by atoms with Crippen molar-refractivity contribution in [2.75, 3.05) is 29.2 Å². The first-order valence-corrected chi connectivity index (χ1v) is 10.5. The minimum Gasteiger partial charge on any atom is -0.366 e. The number of carbonyl (C=O) groups excluding carboxylic acids is 1. The lowest BCUT2D eigenvalue weighted by Crippen LogP contribution is -2.38. The summed E-state index contributed by atoms with van der Waals surface area (Å²) in [6, 6.07) is 4.48. The van der Waals surface area contributed by atoms with Crippen LogP contribution >= 0.6 is 24.0 Å². The number of aryl methyl sites for hydroxylation is 1. The predicted molar refractivity (Wildman–Crippen MR) is 115 cm³/mol. The van der Waals surface area contributed by atoms with E-state index in [0.29, 0.717) is 16.7 Å². The maximum absolute atomic E-state index is 12.6. The third kappa shape index (κ3) is 4.82. The van der Waals surface area contributed by atoms with Gasteiger partial charge in [0.2, 0.25) is 5.16 Å². The highest BCUT2D eigenvalue weighted by Gasteiger charge is 2.24. The number of nitrogens with zero attached hydrogens (tertiary/aromatic N) is 5. The molecule has 29 heavy (non-hydrogen) atoms. The zero-order chi connectivity index (χ0) is 21.0. The number of hydrogen-bond acceptors (Lipinski definition) is 8. The van der Waals surface area contributed by atoms with Crippen molar-refractivity contribution in [3.05, 3.63) is 39.7 Å². The van der Waals surface area contributed by atoms with E-state index < -0.39 is 10.8 Å². The van der Waals surface area contributed by atoms with E-state index in [1.165, 1.54) is 17.8 Å². The molecule has 0 aliphatic carbocycles. The molecule has 3 rings (SSSR count). The highest BCUT2D eigenvalue weighted by atomic mass is 32.2. The topological polar surface area (TPSA) is 118 Å². The number of carbonyl (C=O) groups is 1. The first-order chi connectivity index (χ1) is 13.9. The van der Waals surface area contributed by atoms with Crippen LogP contribution in [0.3, 0.4) is 0 Å². The minimum absolute atomic E-state index is 0.0436. The Morgan fingerprint density at radius 1 is 1.34 bits per heavy atom. The van der Waals surface area contributed by atoms with Crippen LogP contribution in [0.15, 0.2) is 23.4 Å². The van der Waals surface area contributed by atoms with Gasteiger partial charge >= 0.3 is 0 Å². The molecule has 1 aromatic heterocycles. The quantitative estimate of drug-likeness (QED) is 0.305. The Labute approximate surface area is 177 Å². The Morgan fingerprint density at radius 3 is 2.72 bits per heavy atom. The number of nitro groups is 1. The summed E-state index contributed by atoms with van der Waals surface area (Å²) in [5, 5.41) is 22.7. The van der Waals surface area contributed by atoms with Crippen LogP contribution in [0.25, 0.3) is 0 Å². The van der Waals surface area contributed by atoms with Crippen molar-refractivity contribution in [2.24, 2.45) is 0 Å². The lowest BCUT2D eigenvalue weighted by atomic mass is 10.1. The smallest absolute Gasteiger partial charge is 0.293 e. The van der Waals surface area contributed by atoms with Gasteiger partial charge in [0.05, 0.1) is 4.92 Å². The number of anilines is 1. The summed E-state index contributed by atoms with van der Waals surface area (Å²) in [5.41, 5.74) is 3.47. The molecule has 0 unspecified atom stereocenters. The van der Waals surface area contributed by atoms with Crippen LogP contribution in [0, 0.1) is 17.0 Å². The molecule has 2 N–H and O–H groups in total. The number of thioether (sulfide) groups is 1. The number of amides is 1. The summed E-state index contributed by atoms with van der Waals surface area (Å²) in [6.07, 6.45) is 2.00. The Bertz CT molecular complexity index is 941. The van der Waals surface area contributed by atoms with E-state index >= 15 is 0 Å². The molecule has 1 fully saturated rings. The van der Waals surface area contributed by atoms with Crippen LogP contribution in [-0.2, 0) is 0 Å². The average molecular weight is 436 g/mol. The summed E-state index contributed by atoms with van der Waals surface area (Å²) >= 11 is 6.68. The third-order valence-corrected chi connectivity index (χ3v) is 5.39. The first kappa shape index (κ1) is 21.0. The van der Waals surface area contributed by atoms with E-state index in [9.17, 15) is 14.9 Å². The van der Waals surface area contributed by atoms with Gasteiger partial charge in [0.25, 0.3) is 11.6 Å². The number of benzene rings is 1. The molecule has 1 aliphatic rings. The first-order valence-electron chi connectivity index (χ1n) is 9.11. The molecular weight excluding hydrogens is 414 g/mol. The van der Waals surface area contributed by atoms with Gasteiger partial charge in [-0.25, -0.2) is 4.68 Å². The van der Waals surface area contributed by atoms with E-state index in [-0.39, 0.29) is 16.4 Å². The van der Waals surface area contributed by atoms with Gasteiger partial charge in [-0.15, -0.1) is 10.2 Å². The summed E-state index contributed by atoms with van der Waals surface area (Å²) in [5.74, 6) is 0.851. The molecular formula is C17H21N7O3S2. The number of rotatable bonds is 6. The SMILES string of the molecule is CCSc1nnc(C)n1NC(=S)NC(=O)c1ccc(N2CCCC2)c([N+](=O)[O-])c1. The maximum atomic E-state index is 12.6. The van der Waals surface area contributed by atoms with Crippen molar-refractivity contribution in [1.82, 2.24) is 20.2 Å². The van der Waals surface area contributed by atoms with Gasteiger partial charge in [-0.3, -0.25) is 25.7 Å². The Hall–Kier alpha value is -2.73. The fourth-order valence-corrected chi connectivity index (χ4v) is 3.88. The number of aromatic nitrogens is 3. The van der Waals surface area contributed by atoms with Gasteiger partial charge in [0, 0.05) is 24.7 Å². The predicted octanol–water partition coefficient (Wildman–Crippen LogP) is 2.47. The molecule has 10 nitrogen and oxygen atoms in total. The average Bonchev–Trinajstić information content (AvgIpc) is 3.33. The second-order valence-corrected chi connectivity index (χ2v) is 7.99. The molecule has 1 amide bonds. The highest BCUT2D eigenvalue weighted by Crippen LogP contribution is 2.31. The van der Waals surface area contributed by atoms with E-state index in [4.69, 9.17) is 12.2 Å². The standard InChI is InChI=1S/C17H21N7O3S2/c1-3-29-17-20-19-11(2)23(17)21-16(28)18-15(25)12-6-7-13(14(10-12)24(26)27)22-8-4-5-9-22/h6-7,10H,3-5,8-9H2,1-2H3,(H2,18,21,25,28). The van der Waals surface area contributed by atoms with Crippen LogP contribution in [-0.4, -0.2) is 49.7 Å². The second kappa shape index (κ2) is 9.18. The van der Waals surface area contributed by atoms with E-state index in [2.05, 4.69) is 20.9 Å². The number of thiocarbonyl (C=S) groups is 1. The number of hydrogen-bond donors (Lipinski definition) is 2. The molecule has 0 bridgehead atoms. The van der Waals surface area contributed by atoms with Crippen LogP contribution in [0.4, 0.5) is 11.4 Å².